The molecule has 2 rings (SSSR count). The second-order valence-corrected chi connectivity index (χ2v) is 4.12. The minimum absolute atomic E-state index is 0.0579. The molecule has 0 aliphatic rings. The number of halogens is 2. The van der Waals surface area contributed by atoms with Crippen molar-refractivity contribution in [3.05, 3.63) is 52.8 Å². The molecule has 2 aromatic rings. The van der Waals surface area contributed by atoms with Crippen LogP contribution in [0.1, 0.15) is 5.56 Å². The maximum absolute atomic E-state index is 13.1. The average Bonchev–Trinajstić information content (AvgIpc) is 2.36. The zero-order valence-electron chi connectivity index (χ0n) is 9.36. The molecule has 0 aliphatic heterocycles. The molecular formula is C13H11ClFNO2. The van der Waals surface area contributed by atoms with Gasteiger partial charge in [0, 0.05) is 12.1 Å². The van der Waals surface area contributed by atoms with Gasteiger partial charge in [-0.05, 0) is 17.7 Å². The van der Waals surface area contributed by atoms with Gasteiger partial charge in [-0.3, -0.25) is 0 Å². The summed E-state index contributed by atoms with van der Waals surface area (Å²) in [5.74, 6) is 0.179. The molecule has 3 nitrogen and oxygen atoms in total. The number of hydrogen-bond donors (Lipinski definition) is 2. The van der Waals surface area contributed by atoms with E-state index in [-0.39, 0.29) is 23.1 Å². The van der Waals surface area contributed by atoms with Gasteiger partial charge in [0.15, 0.2) is 5.75 Å². The first-order chi connectivity index (χ1) is 8.60. The highest BCUT2D eigenvalue weighted by Crippen LogP contribution is 2.32. The third-order valence-corrected chi connectivity index (χ3v) is 2.65. The minimum Gasteiger partial charge on any atom is -0.455 e. The number of hydrogen-bond acceptors (Lipinski definition) is 3. The van der Waals surface area contributed by atoms with E-state index in [0.29, 0.717) is 11.3 Å². The van der Waals surface area contributed by atoms with Gasteiger partial charge in [-0.1, -0.05) is 23.7 Å². The van der Waals surface area contributed by atoms with E-state index in [1.165, 1.54) is 6.07 Å². The van der Waals surface area contributed by atoms with Crippen LogP contribution < -0.4 is 10.5 Å². The fraction of sp³-hybridized carbons (Fsp3) is 0.0769. The molecule has 0 atom stereocenters. The van der Waals surface area contributed by atoms with Gasteiger partial charge in [-0.2, -0.15) is 0 Å². The molecule has 5 heteroatoms. The lowest BCUT2D eigenvalue weighted by Gasteiger charge is -2.10. The van der Waals surface area contributed by atoms with E-state index in [1.807, 2.05) is 0 Å². The largest absolute Gasteiger partial charge is 0.455 e. The number of nitrogen functional groups attached to an aromatic ring is 1. The van der Waals surface area contributed by atoms with Gasteiger partial charge in [-0.15, -0.1) is 0 Å². The highest BCUT2D eigenvalue weighted by atomic mass is 35.5. The highest BCUT2D eigenvalue weighted by molar-refractivity contribution is 6.31. The van der Waals surface area contributed by atoms with E-state index >= 15 is 0 Å². The molecule has 2 aromatic carbocycles. The number of aliphatic hydroxyl groups is 1. The van der Waals surface area contributed by atoms with Gasteiger partial charge in [-0.25, -0.2) is 4.39 Å². The molecule has 0 aliphatic carbocycles. The summed E-state index contributed by atoms with van der Waals surface area (Å²) in [4.78, 5) is 0. The maximum atomic E-state index is 13.1. The third kappa shape index (κ3) is 2.72. The van der Waals surface area contributed by atoms with Gasteiger partial charge in [0.25, 0.3) is 0 Å². The molecule has 0 unspecified atom stereocenters. The van der Waals surface area contributed by atoms with Gasteiger partial charge in [0.1, 0.15) is 11.6 Å². The van der Waals surface area contributed by atoms with Crippen LogP contribution >= 0.6 is 11.6 Å². The monoisotopic (exact) mass is 267 g/mol. The van der Waals surface area contributed by atoms with Crippen molar-refractivity contribution in [2.45, 2.75) is 6.61 Å². The summed E-state index contributed by atoms with van der Waals surface area (Å²) in [6.07, 6.45) is 0. The van der Waals surface area contributed by atoms with Crippen LogP contribution in [0, 0.1) is 5.82 Å². The lowest BCUT2D eigenvalue weighted by molar-refractivity contribution is 0.281. The van der Waals surface area contributed by atoms with E-state index in [9.17, 15) is 4.39 Å². The Morgan fingerprint density at radius 3 is 2.78 bits per heavy atom. The first-order valence-electron chi connectivity index (χ1n) is 5.22. The van der Waals surface area contributed by atoms with E-state index in [2.05, 4.69) is 0 Å². The Balaban J connectivity index is 2.30. The first-order valence-corrected chi connectivity index (χ1v) is 5.60. The van der Waals surface area contributed by atoms with Gasteiger partial charge in [0.2, 0.25) is 0 Å². The predicted molar refractivity (Wildman–Crippen MR) is 68.3 cm³/mol. The lowest BCUT2D eigenvalue weighted by atomic mass is 10.2. The van der Waals surface area contributed by atoms with Crippen molar-refractivity contribution in [3.8, 4) is 11.5 Å². The van der Waals surface area contributed by atoms with Crippen LogP contribution in [0.3, 0.4) is 0 Å². The zero-order chi connectivity index (χ0) is 13.1. The minimum atomic E-state index is -0.592. The Hall–Kier alpha value is -1.78. The van der Waals surface area contributed by atoms with Crippen LogP contribution in [0.15, 0.2) is 36.4 Å². The predicted octanol–water partition coefficient (Wildman–Crippen LogP) is 3.35. The molecule has 3 N–H and O–H groups in total. The van der Waals surface area contributed by atoms with Crippen molar-refractivity contribution < 1.29 is 14.2 Å². The second-order valence-electron chi connectivity index (χ2n) is 3.71. The summed E-state index contributed by atoms with van der Waals surface area (Å²) in [5.41, 5.74) is 6.50. The van der Waals surface area contributed by atoms with Gasteiger partial charge >= 0.3 is 0 Å². The van der Waals surface area contributed by atoms with Gasteiger partial charge in [0.05, 0.1) is 17.3 Å². The Kier molecular flexibility index (Phi) is 3.69. The molecule has 0 spiro atoms. The van der Waals surface area contributed by atoms with Crippen molar-refractivity contribution in [2.75, 3.05) is 5.73 Å². The summed E-state index contributed by atoms with van der Waals surface area (Å²) in [5, 5.41) is 8.95. The topological polar surface area (TPSA) is 55.5 Å². The van der Waals surface area contributed by atoms with Crippen molar-refractivity contribution in [2.24, 2.45) is 0 Å². The van der Waals surface area contributed by atoms with Crippen LogP contribution in [0.2, 0.25) is 5.02 Å². The number of anilines is 1. The van der Waals surface area contributed by atoms with Crippen LogP contribution in [-0.2, 0) is 6.61 Å². The Morgan fingerprint density at radius 1 is 1.28 bits per heavy atom. The summed E-state index contributed by atoms with van der Waals surface area (Å²) in [6.45, 7) is -0.0865. The smallest absolute Gasteiger partial charge is 0.151 e. The molecular weight excluding hydrogens is 257 g/mol. The molecule has 0 saturated heterocycles. The second kappa shape index (κ2) is 5.25. The zero-order valence-corrected chi connectivity index (χ0v) is 10.1. The molecule has 0 aromatic heterocycles. The van der Waals surface area contributed by atoms with Crippen molar-refractivity contribution in [3.63, 3.8) is 0 Å². The fourth-order valence-corrected chi connectivity index (χ4v) is 1.62. The van der Waals surface area contributed by atoms with Crippen molar-refractivity contribution in [1.82, 2.24) is 0 Å². The van der Waals surface area contributed by atoms with Crippen LogP contribution in [0.5, 0.6) is 11.5 Å². The number of aliphatic hydroxyl groups excluding tert-OH is 1. The standard InChI is InChI=1S/C13H11ClFNO2/c14-10-5-13(12(16)6-11(10)15)18-9-3-1-2-8(4-9)7-17/h1-6,17H,7,16H2. The van der Waals surface area contributed by atoms with E-state index in [4.69, 9.17) is 27.2 Å². The van der Waals surface area contributed by atoms with E-state index in [0.717, 1.165) is 6.07 Å². The first kappa shape index (κ1) is 12.7. The molecule has 0 amide bonds. The summed E-state index contributed by atoms with van der Waals surface area (Å²) in [7, 11) is 0. The molecule has 0 bridgehead atoms. The molecule has 18 heavy (non-hydrogen) atoms. The maximum Gasteiger partial charge on any atom is 0.151 e. The summed E-state index contributed by atoms with van der Waals surface area (Å²) < 4.78 is 18.6. The Labute approximate surface area is 109 Å². The van der Waals surface area contributed by atoms with Crippen molar-refractivity contribution >= 4 is 17.3 Å². The summed E-state index contributed by atoms with van der Waals surface area (Å²) in [6, 6.07) is 9.29. The SMILES string of the molecule is Nc1cc(F)c(Cl)cc1Oc1cccc(CO)c1. The van der Waals surface area contributed by atoms with E-state index < -0.39 is 5.82 Å². The number of ether oxygens (including phenoxy) is 1. The summed E-state index contributed by atoms with van der Waals surface area (Å²) >= 11 is 5.66. The molecule has 0 heterocycles. The normalized spacial score (nSPS) is 10.4. The number of rotatable bonds is 3. The average molecular weight is 268 g/mol. The highest BCUT2D eigenvalue weighted by Gasteiger charge is 2.08. The molecule has 0 radical (unpaired) electrons. The fourth-order valence-electron chi connectivity index (χ4n) is 1.47. The molecule has 0 saturated carbocycles. The van der Waals surface area contributed by atoms with E-state index in [1.54, 1.807) is 24.3 Å². The molecule has 94 valence electrons. The van der Waals surface area contributed by atoms with Crippen LogP contribution in [-0.4, -0.2) is 5.11 Å². The van der Waals surface area contributed by atoms with Crippen LogP contribution in [0.4, 0.5) is 10.1 Å². The van der Waals surface area contributed by atoms with Crippen LogP contribution in [0.25, 0.3) is 0 Å². The number of nitrogens with two attached hydrogens (primary N) is 1. The lowest BCUT2D eigenvalue weighted by Crippen LogP contribution is -1.94. The van der Waals surface area contributed by atoms with Crippen molar-refractivity contribution in [1.29, 1.82) is 0 Å². The Bertz CT molecular complexity index is 575. The quantitative estimate of drug-likeness (QED) is 0.839. The Morgan fingerprint density at radius 2 is 2.06 bits per heavy atom. The third-order valence-electron chi connectivity index (χ3n) is 2.36. The number of benzene rings is 2. The molecule has 0 fully saturated rings. The van der Waals surface area contributed by atoms with Gasteiger partial charge < -0.3 is 15.6 Å².